The first kappa shape index (κ1) is 12.8. The van der Waals surface area contributed by atoms with Crippen molar-refractivity contribution in [3.8, 4) is 11.6 Å². The average molecular weight is 264 g/mol. The number of aromatic nitrogens is 2. The molecule has 0 unspecified atom stereocenters. The summed E-state index contributed by atoms with van der Waals surface area (Å²) in [6.07, 6.45) is 2.33. The number of hydrogen-bond donors (Lipinski definition) is 1. The Kier molecular flexibility index (Phi) is 4.12. The van der Waals surface area contributed by atoms with E-state index in [4.69, 9.17) is 22.1 Å². The van der Waals surface area contributed by atoms with Crippen LogP contribution in [-0.2, 0) is 13.0 Å². The van der Waals surface area contributed by atoms with Gasteiger partial charge in [0.15, 0.2) is 0 Å². The van der Waals surface area contributed by atoms with E-state index in [0.717, 1.165) is 17.7 Å². The number of nitrogens with two attached hydrogens (primary N) is 1. The maximum atomic E-state index is 6.06. The van der Waals surface area contributed by atoms with Gasteiger partial charge in [0.2, 0.25) is 5.88 Å². The Morgan fingerprint density at radius 3 is 2.78 bits per heavy atom. The molecular weight excluding hydrogens is 250 g/mol. The monoisotopic (exact) mass is 263 g/mol. The Hall–Kier alpha value is -1.65. The number of aryl methyl sites for hydroxylation is 1. The van der Waals surface area contributed by atoms with E-state index in [0.29, 0.717) is 23.2 Å². The lowest BCUT2D eigenvalue weighted by Gasteiger charge is -2.07. The van der Waals surface area contributed by atoms with Gasteiger partial charge in [-0.25, -0.2) is 9.97 Å². The number of hydrogen-bond acceptors (Lipinski definition) is 4. The second-order valence-electron chi connectivity index (χ2n) is 3.76. The van der Waals surface area contributed by atoms with Crippen molar-refractivity contribution < 1.29 is 4.74 Å². The van der Waals surface area contributed by atoms with Crippen LogP contribution >= 0.6 is 11.6 Å². The summed E-state index contributed by atoms with van der Waals surface area (Å²) in [5, 5.41) is 0.597. The van der Waals surface area contributed by atoms with Crippen molar-refractivity contribution in [2.45, 2.75) is 19.9 Å². The zero-order valence-corrected chi connectivity index (χ0v) is 10.8. The van der Waals surface area contributed by atoms with Gasteiger partial charge in [-0.3, -0.25) is 0 Å². The molecule has 2 N–H and O–H groups in total. The zero-order valence-electron chi connectivity index (χ0n) is 10.1. The van der Waals surface area contributed by atoms with Crippen LogP contribution in [0.3, 0.4) is 0 Å². The highest BCUT2D eigenvalue weighted by Crippen LogP contribution is 2.25. The molecule has 5 heteroatoms. The fourth-order valence-corrected chi connectivity index (χ4v) is 1.75. The third kappa shape index (κ3) is 2.97. The number of rotatable bonds is 4. The first-order valence-corrected chi connectivity index (χ1v) is 6.08. The predicted molar refractivity (Wildman–Crippen MR) is 70.8 cm³/mol. The van der Waals surface area contributed by atoms with Gasteiger partial charge in [0.25, 0.3) is 0 Å². The van der Waals surface area contributed by atoms with Crippen molar-refractivity contribution in [3.05, 3.63) is 46.9 Å². The lowest BCUT2D eigenvalue weighted by Crippen LogP contribution is -1.97. The van der Waals surface area contributed by atoms with Crippen LogP contribution in [0.2, 0.25) is 5.02 Å². The van der Waals surface area contributed by atoms with Crippen molar-refractivity contribution in [3.63, 3.8) is 0 Å². The van der Waals surface area contributed by atoms with Gasteiger partial charge >= 0.3 is 0 Å². The molecule has 0 amide bonds. The Labute approximate surface area is 111 Å². The van der Waals surface area contributed by atoms with E-state index >= 15 is 0 Å². The van der Waals surface area contributed by atoms with Crippen LogP contribution < -0.4 is 10.5 Å². The molecule has 0 bridgehead atoms. The number of benzene rings is 1. The van der Waals surface area contributed by atoms with E-state index in [2.05, 4.69) is 9.97 Å². The Morgan fingerprint density at radius 1 is 1.28 bits per heavy atom. The molecule has 0 aliphatic heterocycles. The molecule has 0 saturated carbocycles. The molecule has 2 rings (SSSR count). The molecule has 1 heterocycles. The van der Waals surface area contributed by atoms with Gasteiger partial charge in [-0.1, -0.05) is 24.6 Å². The van der Waals surface area contributed by atoms with Gasteiger partial charge in [-0.2, -0.15) is 0 Å². The largest absolute Gasteiger partial charge is 0.439 e. The summed E-state index contributed by atoms with van der Waals surface area (Å²) in [5.74, 6) is 1.15. The minimum atomic E-state index is 0.409. The normalized spacial score (nSPS) is 10.4. The molecule has 4 nitrogen and oxygen atoms in total. The van der Waals surface area contributed by atoms with Gasteiger partial charge < -0.3 is 10.5 Å². The van der Waals surface area contributed by atoms with E-state index in [1.165, 1.54) is 6.33 Å². The van der Waals surface area contributed by atoms with E-state index in [1.54, 1.807) is 6.07 Å². The molecular formula is C13H14ClN3O. The van der Waals surface area contributed by atoms with Gasteiger partial charge in [-0.05, 0) is 24.1 Å². The second-order valence-corrected chi connectivity index (χ2v) is 4.17. The molecule has 0 spiro atoms. The summed E-state index contributed by atoms with van der Waals surface area (Å²) in [6, 6.07) is 7.21. The highest BCUT2D eigenvalue weighted by molar-refractivity contribution is 6.31. The summed E-state index contributed by atoms with van der Waals surface area (Å²) < 4.78 is 5.62. The standard InChI is InChI=1S/C13H14ClN3O/c1-2-10-5-13(17-8-16-10)18-11-4-3-9(7-15)12(14)6-11/h3-6,8H,2,7,15H2,1H3. The summed E-state index contributed by atoms with van der Waals surface area (Å²) >= 11 is 6.06. The fourth-order valence-electron chi connectivity index (χ4n) is 1.50. The Bertz CT molecular complexity index is 546. The molecule has 1 aromatic heterocycles. The van der Waals surface area contributed by atoms with Gasteiger partial charge in [-0.15, -0.1) is 0 Å². The van der Waals surface area contributed by atoms with Crippen molar-refractivity contribution in [1.82, 2.24) is 9.97 Å². The quantitative estimate of drug-likeness (QED) is 0.921. The minimum Gasteiger partial charge on any atom is -0.439 e. The van der Waals surface area contributed by atoms with Crippen molar-refractivity contribution in [1.29, 1.82) is 0 Å². The summed E-state index contributed by atoms with van der Waals surface area (Å²) in [5.41, 5.74) is 7.37. The van der Waals surface area contributed by atoms with E-state index in [-0.39, 0.29) is 0 Å². The van der Waals surface area contributed by atoms with Crippen LogP contribution in [0, 0.1) is 0 Å². The van der Waals surface area contributed by atoms with Crippen LogP contribution in [0.5, 0.6) is 11.6 Å². The van der Waals surface area contributed by atoms with Crippen LogP contribution in [0.25, 0.3) is 0 Å². The molecule has 0 fully saturated rings. The smallest absolute Gasteiger partial charge is 0.222 e. The topological polar surface area (TPSA) is 61.0 Å². The molecule has 18 heavy (non-hydrogen) atoms. The molecule has 0 aliphatic rings. The van der Waals surface area contributed by atoms with Gasteiger partial charge in [0.05, 0.1) is 0 Å². The summed E-state index contributed by atoms with van der Waals surface area (Å²) in [6.45, 7) is 2.44. The van der Waals surface area contributed by atoms with Crippen LogP contribution in [0.15, 0.2) is 30.6 Å². The van der Waals surface area contributed by atoms with E-state index < -0.39 is 0 Å². The first-order valence-electron chi connectivity index (χ1n) is 5.70. The molecule has 0 radical (unpaired) electrons. The van der Waals surface area contributed by atoms with Crippen molar-refractivity contribution in [2.24, 2.45) is 5.73 Å². The fraction of sp³-hybridized carbons (Fsp3) is 0.231. The molecule has 2 aromatic rings. The van der Waals surface area contributed by atoms with Crippen LogP contribution in [0.4, 0.5) is 0 Å². The summed E-state index contributed by atoms with van der Waals surface area (Å²) in [7, 11) is 0. The number of halogens is 1. The lowest BCUT2D eigenvalue weighted by molar-refractivity contribution is 0.460. The minimum absolute atomic E-state index is 0.409. The molecule has 0 atom stereocenters. The SMILES string of the molecule is CCc1cc(Oc2ccc(CN)c(Cl)c2)ncn1. The first-order chi connectivity index (χ1) is 8.72. The number of nitrogens with zero attached hydrogens (tertiary/aromatic N) is 2. The lowest BCUT2D eigenvalue weighted by atomic mass is 10.2. The van der Waals surface area contributed by atoms with Gasteiger partial charge in [0.1, 0.15) is 12.1 Å². The predicted octanol–water partition coefficient (Wildman–Crippen LogP) is 2.94. The van der Waals surface area contributed by atoms with Crippen LogP contribution in [-0.4, -0.2) is 9.97 Å². The third-order valence-corrected chi connectivity index (χ3v) is 2.88. The Balaban J connectivity index is 2.20. The highest BCUT2D eigenvalue weighted by Gasteiger charge is 2.04. The molecule has 0 aliphatic carbocycles. The van der Waals surface area contributed by atoms with E-state index in [1.807, 2.05) is 25.1 Å². The average Bonchev–Trinajstić information content (AvgIpc) is 2.39. The van der Waals surface area contributed by atoms with Crippen molar-refractivity contribution >= 4 is 11.6 Å². The zero-order chi connectivity index (χ0) is 13.0. The maximum Gasteiger partial charge on any atom is 0.222 e. The highest BCUT2D eigenvalue weighted by atomic mass is 35.5. The molecule has 94 valence electrons. The van der Waals surface area contributed by atoms with Crippen LogP contribution in [0.1, 0.15) is 18.2 Å². The third-order valence-electron chi connectivity index (χ3n) is 2.53. The Morgan fingerprint density at radius 2 is 2.11 bits per heavy atom. The van der Waals surface area contributed by atoms with Crippen molar-refractivity contribution in [2.75, 3.05) is 0 Å². The number of ether oxygens (including phenoxy) is 1. The maximum absolute atomic E-state index is 6.06. The molecule has 1 aromatic carbocycles. The van der Waals surface area contributed by atoms with Gasteiger partial charge in [0, 0.05) is 23.3 Å². The van der Waals surface area contributed by atoms with E-state index in [9.17, 15) is 0 Å². The second kappa shape index (κ2) is 5.80. The summed E-state index contributed by atoms with van der Waals surface area (Å²) in [4.78, 5) is 8.16. The molecule has 0 saturated heterocycles.